The van der Waals surface area contributed by atoms with Gasteiger partial charge in [-0.05, 0) is 25.8 Å². The minimum atomic E-state index is -1.16. The molecule has 2 rings (SSSR count). The van der Waals surface area contributed by atoms with Crippen molar-refractivity contribution in [2.24, 2.45) is 0 Å². The first-order chi connectivity index (χ1) is 10.7. The molecular weight excluding hydrogens is 331 g/mol. The van der Waals surface area contributed by atoms with Gasteiger partial charge in [0.25, 0.3) is 5.69 Å². The number of rotatable bonds is 6. The number of nitrogens with zero attached hydrogens (tertiary/aromatic N) is 2. The summed E-state index contributed by atoms with van der Waals surface area (Å²) >= 11 is 5.53. The third kappa shape index (κ3) is 3.76. The van der Waals surface area contributed by atoms with Gasteiger partial charge >= 0.3 is 5.97 Å². The molecule has 1 saturated carbocycles. The van der Waals surface area contributed by atoms with Crippen LogP contribution in [0, 0.1) is 15.9 Å². The number of amides is 1. The van der Waals surface area contributed by atoms with Crippen molar-refractivity contribution in [1.29, 1.82) is 0 Å². The number of carboxylic acids is 1. The van der Waals surface area contributed by atoms with Crippen LogP contribution in [0.4, 0.5) is 10.1 Å². The van der Waals surface area contributed by atoms with Gasteiger partial charge in [-0.2, -0.15) is 0 Å². The molecule has 0 spiro atoms. The largest absolute Gasteiger partial charge is 0.480 e. The molecule has 0 aliphatic heterocycles. The monoisotopic (exact) mass is 344 g/mol. The Labute approximate surface area is 135 Å². The molecule has 1 aromatic carbocycles. The number of nitro benzene ring substituents is 1. The lowest BCUT2D eigenvalue weighted by molar-refractivity contribution is -0.385. The molecule has 7 nitrogen and oxygen atoms in total. The third-order valence-corrected chi connectivity index (χ3v) is 3.95. The van der Waals surface area contributed by atoms with E-state index in [0.717, 1.165) is 12.1 Å². The average molecular weight is 345 g/mol. The van der Waals surface area contributed by atoms with Crippen molar-refractivity contribution in [2.75, 3.05) is 0 Å². The maximum absolute atomic E-state index is 13.6. The van der Waals surface area contributed by atoms with Crippen LogP contribution in [0.25, 0.3) is 0 Å². The first-order valence-corrected chi connectivity index (χ1v) is 7.26. The van der Waals surface area contributed by atoms with Crippen LogP contribution < -0.4 is 0 Å². The fourth-order valence-corrected chi connectivity index (χ4v) is 2.51. The Kier molecular flexibility index (Phi) is 4.84. The van der Waals surface area contributed by atoms with Gasteiger partial charge in [0.15, 0.2) is 0 Å². The number of halogens is 2. The molecule has 1 unspecified atom stereocenters. The van der Waals surface area contributed by atoms with E-state index in [0.29, 0.717) is 12.8 Å². The molecule has 1 aromatic rings. The smallest absolute Gasteiger partial charge is 0.326 e. The Morgan fingerprint density at radius 1 is 1.52 bits per heavy atom. The fourth-order valence-electron chi connectivity index (χ4n) is 2.35. The SMILES string of the molecule is CC(C(=O)O)N(C(=O)Cc1cc(F)c(Cl)cc1[N+](=O)[O-])C1CC1. The lowest BCUT2D eigenvalue weighted by Gasteiger charge is -2.26. The fraction of sp³-hybridized carbons (Fsp3) is 0.429. The molecule has 1 aliphatic rings. The summed E-state index contributed by atoms with van der Waals surface area (Å²) < 4.78 is 13.6. The lowest BCUT2D eigenvalue weighted by Crippen LogP contribution is -2.45. The average Bonchev–Trinajstić information content (AvgIpc) is 3.26. The molecule has 0 heterocycles. The molecule has 0 saturated heterocycles. The predicted octanol–water partition coefficient (Wildman–Crippen LogP) is 2.39. The Morgan fingerprint density at radius 2 is 2.13 bits per heavy atom. The molecule has 1 amide bonds. The van der Waals surface area contributed by atoms with E-state index in [1.165, 1.54) is 11.8 Å². The van der Waals surface area contributed by atoms with Crippen LogP contribution in [0.2, 0.25) is 5.02 Å². The van der Waals surface area contributed by atoms with Crippen molar-refractivity contribution in [3.63, 3.8) is 0 Å². The van der Waals surface area contributed by atoms with E-state index in [9.17, 15) is 24.1 Å². The van der Waals surface area contributed by atoms with Crippen molar-refractivity contribution < 1.29 is 24.0 Å². The molecule has 1 N–H and O–H groups in total. The molecule has 23 heavy (non-hydrogen) atoms. The van der Waals surface area contributed by atoms with Gasteiger partial charge in [0.2, 0.25) is 5.91 Å². The Bertz CT molecular complexity index is 677. The number of hydrogen-bond acceptors (Lipinski definition) is 4. The summed E-state index contributed by atoms with van der Waals surface area (Å²) in [5.41, 5.74) is -0.603. The van der Waals surface area contributed by atoms with E-state index in [-0.39, 0.29) is 11.6 Å². The highest BCUT2D eigenvalue weighted by Crippen LogP contribution is 2.31. The number of benzene rings is 1. The highest BCUT2D eigenvalue weighted by atomic mass is 35.5. The molecule has 124 valence electrons. The molecule has 1 atom stereocenters. The van der Waals surface area contributed by atoms with Gasteiger partial charge in [-0.3, -0.25) is 14.9 Å². The molecular formula is C14H14ClFN2O5. The van der Waals surface area contributed by atoms with Crippen LogP contribution in [0.5, 0.6) is 0 Å². The van der Waals surface area contributed by atoms with Crippen molar-refractivity contribution >= 4 is 29.2 Å². The van der Waals surface area contributed by atoms with Crippen LogP contribution in [0.1, 0.15) is 25.3 Å². The molecule has 9 heteroatoms. The normalized spacial score (nSPS) is 15.1. The quantitative estimate of drug-likeness (QED) is 0.630. The summed E-state index contributed by atoms with van der Waals surface area (Å²) in [6.45, 7) is 1.37. The van der Waals surface area contributed by atoms with Crippen LogP contribution in [-0.4, -0.2) is 38.9 Å². The second-order valence-electron chi connectivity index (χ2n) is 5.38. The highest BCUT2D eigenvalue weighted by molar-refractivity contribution is 6.31. The Balaban J connectivity index is 2.30. The van der Waals surface area contributed by atoms with Crippen LogP contribution in [0.3, 0.4) is 0 Å². The molecule has 0 aromatic heterocycles. The lowest BCUT2D eigenvalue weighted by atomic mass is 10.1. The van der Waals surface area contributed by atoms with E-state index in [4.69, 9.17) is 16.7 Å². The summed E-state index contributed by atoms with van der Waals surface area (Å²) in [6, 6.07) is 0.451. The maximum Gasteiger partial charge on any atom is 0.326 e. The zero-order valence-corrected chi connectivity index (χ0v) is 12.9. The topological polar surface area (TPSA) is 101 Å². The number of aliphatic carboxylic acids is 1. The summed E-state index contributed by atoms with van der Waals surface area (Å²) in [6.07, 6.45) is 0.902. The van der Waals surface area contributed by atoms with E-state index >= 15 is 0 Å². The maximum atomic E-state index is 13.6. The molecule has 1 aliphatic carbocycles. The first-order valence-electron chi connectivity index (χ1n) is 6.88. The van der Waals surface area contributed by atoms with Gasteiger partial charge in [-0.15, -0.1) is 0 Å². The van der Waals surface area contributed by atoms with Gasteiger partial charge in [0.05, 0.1) is 16.4 Å². The number of nitro groups is 1. The summed E-state index contributed by atoms with van der Waals surface area (Å²) in [4.78, 5) is 35.0. The van der Waals surface area contributed by atoms with Crippen LogP contribution in [-0.2, 0) is 16.0 Å². The van der Waals surface area contributed by atoms with Crippen molar-refractivity contribution in [2.45, 2.75) is 38.3 Å². The Hall–Kier alpha value is -2.22. The zero-order chi connectivity index (χ0) is 17.3. The first kappa shape index (κ1) is 17.1. The third-order valence-electron chi connectivity index (χ3n) is 3.66. The van der Waals surface area contributed by atoms with Gasteiger partial charge in [-0.25, -0.2) is 9.18 Å². The van der Waals surface area contributed by atoms with Gasteiger partial charge in [-0.1, -0.05) is 11.6 Å². The zero-order valence-electron chi connectivity index (χ0n) is 12.2. The molecule has 0 bridgehead atoms. The number of hydrogen-bond donors (Lipinski definition) is 1. The van der Waals surface area contributed by atoms with Crippen molar-refractivity contribution in [3.05, 3.63) is 38.7 Å². The number of carboxylic acid groups (broad SMARTS) is 1. The van der Waals surface area contributed by atoms with E-state index in [1.54, 1.807) is 0 Å². The standard InChI is InChI=1S/C14H14ClFN2O5/c1-7(14(20)21)17(9-2-3-9)13(19)5-8-4-11(16)10(15)6-12(8)18(22)23/h4,6-7,9H,2-3,5H2,1H3,(H,20,21). The number of carbonyl (C=O) groups is 2. The van der Waals surface area contributed by atoms with Crippen molar-refractivity contribution in [3.8, 4) is 0 Å². The minimum absolute atomic E-state index is 0.134. The summed E-state index contributed by atoms with van der Waals surface area (Å²) in [5.74, 6) is -2.63. The summed E-state index contributed by atoms with van der Waals surface area (Å²) in [5, 5.41) is 19.7. The van der Waals surface area contributed by atoms with Crippen LogP contribution in [0.15, 0.2) is 12.1 Å². The predicted molar refractivity (Wildman–Crippen MR) is 78.7 cm³/mol. The van der Waals surface area contributed by atoms with E-state index < -0.39 is 45.8 Å². The molecule has 1 fully saturated rings. The summed E-state index contributed by atoms with van der Waals surface area (Å²) in [7, 11) is 0. The van der Waals surface area contributed by atoms with E-state index in [1.807, 2.05) is 0 Å². The van der Waals surface area contributed by atoms with Gasteiger partial charge in [0, 0.05) is 17.7 Å². The Morgan fingerprint density at radius 3 is 2.61 bits per heavy atom. The molecule has 0 radical (unpaired) electrons. The van der Waals surface area contributed by atoms with Crippen molar-refractivity contribution in [1.82, 2.24) is 4.90 Å². The van der Waals surface area contributed by atoms with Gasteiger partial charge in [0.1, 0.15) is 11.9 Å². The second-order valence-corrected chi connectivity index (χ2v) is 5.78. The van der Waals surface area contributed by atoms with Crippen LogP contribution >= 0.6 is 11.6 Å². The second kappa shape index (κ2) is 6.49. The number of carbonyl (C=O) groups excluding carboxylic acids is 1. The van der Waals surface area contributed by atoms with Gasteiger partial charge < -0.3 is 10.0 Å². The van der Waals surface area contributed by atoms with E-state index in [2.05, 4.69) is 0 Å². The minimum Gasteiger partial charge on any atom is -0.480 e. The highest BCUT2D eigenvalue weighted by Gasteiger charge is 2.38.